The number of nitrogens with one attached hydrogen (secondary N) is 2. The molecule has 0 aromatic heterocycles. The molecule has 6 nitrogen and oxygen atoms in total. The van der Waals surface area contributed by atoms with Gasteiger partial charge in [-0.2, -0.15) is 0 Å². The minimum absolute atomic E-state index is 0.103. The highest BCUT2D eigenvalue weighted by atomic mass is 16.2. The van der Waals surface area contributed by atoms with Crippen LogP contribution >= 0.6 is 0 Å². The van der Waals surface area contributed by atoms with Crippen LogP contribution in [-0.2, 0) is 9.59 Å². The Morgan fingerprint density at radius 2 is 1.74 bits per heavy atom. The Kier molecular flexibility index (Phi) is 6.20. The number of hydrogen-bond donors (Lipinski definition) is 2. The second-order valence-corrected chi connectivity index (χ2v) is 6.47. The van der Waals surface area contributed by atoms with E-state index in [1.807, 2.05) is 30.3 Å². The number of carbonyl (C=O) groups excluding carboxylic acids is 3. The van der Waals surface area contributed by atoms with Crippen molar-refractivity contribution < 1.29 is 14.4 Å². The van der Waals surface area contributed by atoms with E-state index < -0.39 is 0 Å². The van der Waals surface area contributed by atoms with Crippen LogP contribution in [0.25, 0.3) is 0 Å². The fourth-order valence-corrected chi connectivity index (χ4v) is 3.01. The van der Waals surface area contributed by atoms with Crippen molar-refractivity contribution in [1.29, 1.82) is 0 Å². The number of hydrogen-bond acceptors (Lipinski definition) is 3. The summed E-state index contributed by atoms with van der Waals surface area (Å²) in [6.45, 7) is 1.19. The number of benzene rings is 2. The van der Waals surface area contributed by atoms with Crippen molar-refractivity contribution in [3.8, 4) is 0 Å². The molecule has 1 fully saturated rings. The minimum atomic E-state index is -0.136. The fraction of sp³-hybridized carbons (Fsp3) is 0.286. The van der Waals surface area contributed by atoms with E-state index in [-0.39, 0.29) is 17.7 Å². The number of amides is 3. The lowest BCUT2D eigenvalue weighted by molar-refractivity contribution is -0.117. The summed E-state index contributed by atoms with van der Waals surface area (Å²) in [4.78, 5) is 37.5. The Morgan fingerprint density at radius 1 is 1.00 bits per heavy atom. The number of rotatable bonds is 7. The van der Waals surface area contributed by atoms with E-state index in [1.54, 1.807) is 29.2 Å². The molecule has 2 N–H and O–H groups in total. The van der Waals surface area contributed by atoms with Gasteiger partial charge in [-0.05, 0) is 49.2 Å². The average Bonchev–Trinajstić information content (AvgIpc) is 3.12. The molecular weight excluding hydrogens is 342 g/mol. The monoisotopic (exact) mass is 365 g/mol. The predicted octanol–water partition coefficient (Wildman–Crippen LogP) is 2.96. The second kappa shape index (κ2) is 8.98. The maximum atomic E-state index is 12.0. The molecule has 2 aromatic rings. The molecule has 3 amide bonds. The predicted molar refractivity (Wildman–Crippen MR) is 105 cm³/mol. The van der Waals surface area contributed by atoms with Gasteiger partial charge in [-0.1, -0.05) is 18.2 Å². The van der Waals surface area contributed by atoms with Crippen LogP contribution in [0.1, 0.15) is 36.0 Å². The van der Waals surface area contributed by atoms with Gasteiger partial charge in [0.25, 0.3) is 5.91 Å². The zero-order chi connectivity index (χ0) is 19.1. The zero-order valence-electron chi connectivity index (χ0n) is 15.1. The van der Waals surface area contributed by atoms with Crippen molar-refractivity contribution in [2.24, 2.45) is 0 Å². The molecule has 0 spiro atoms. The Labute approximate surface area is 158 Å². The number of nitrogens with zero attached hydrogens (tertiary/aromatic N) is 1. The third-order valence-corrected chi connectivity index (χ3v) is 4.44. The van der Waals surface area contributed by atoms with Crippen LogP contribution in [0.3, 0.4) is 0 Å². The van der Waals surface area contributed by atoms with Crippen molar-refractivity contribution in [3.63, 3.8) is 0 Å². The van der Waals surface area contributed by atoms with Gasteiger partial charge in [0.2, 0.25) is 11.8 Å². The van der Waals surface area contributed by atoms with E-state index >= 15 is 0 Å². The molecule has 1 aliphatic heterocycles. The zero-order valence-corrected chi connectivity index (χ0v) is 15.1. The summed E-state index contributed by atoms with van der Waals surface area (Å²) >= 11 is 0. The first-order chi connectivity index (χ1) is 13.1. The molecule has 0 aliphatic carbocycles. The lowest BCUT2D eigenvalue weighted by Gasteiger charge is -2.16. The van der Waals surface area contributed by atoms with Crippen LogP contribution < -0.4 is 15.5 Å². The largest absolute Gasteiger partial charge is 0.352 e. The van der Waals surface area contributed by atoms with Gasteiger partial charge in [0.1, 0.15) is 0 Å². The number of carbonyl (C=O) groups is 3. The first kappa shape index (κ1) is 18.6. The third kappa shape index (κ3) is 5.17. The van der Waals surface area contributed by atoms with E-state index in [4.69, 9.17) is 0 Å². The molecule has 0 unspecified atom stereocenters. The Morgan fingerprint density at radius 3 is 2.41 bits per heavy atom. The van der Waals surface area contributed by atoms with E-state index in [2.05, 4.69) is 10.6 Å². The molecule has 2 aromatic carbocycles. The first-order valence-corrected chi connectivity index (χ1v) is 9.17. The molecule has 3 rings (SSSR count). The van der Waals surface area contributed by atoms with E-state index in [0.29, 0.717) is 37.1 Å². The first-order valence-electron chi connectivity index (χ1n) is 9.17. The van der Waals surface area contributed by atoms with Crippen LogP contribution in [0.4, 0.5) is 11.4 Å². The van der Waals surface area contributed by atoms with E-state index in [0.717, 1.165) is 18.7 Å². The standard InChI is InChI=1S/C21H23N3O3/c25-19(8-4-14-22-21(27)16-6-2-1-3-7-16)23-17-10-12-18(13-11-17)24-15-5-9-20(24)26/h1-3,6-7,10-13H,4-5,8-9,14-15H2,(H,22,27)(H,23,25). The van der Waals surface area contributed by atoms with Gasteiger partial charge < -0.3 is 15.5 Å². The van der Waals surface area contributed by atoms with Gasteiger partial charge in [-0.3, -0.25) is 14.4 Å². The normalized spacial score (nSPS) is 13.5. The molecule has 6 heteroatoms. The quantitative estimate of drug-likeness (QED) is 0.741. The summed E-state index contributed by atoms with van der Waals surface area (Å²) in [5.41, 5.74) is 2.17. The molecule has 1 aliphatic rings. The lowest BCUT2D eigenvalue weighted by atomic mass is 10.2. The van der Waals surface area contributed by atoms with E-state index in [1.165, 1.54) is 0 Å². The Bertz CT molecular complexity index is 803. The highest BCUT2D eigenvalue weighted by Crippen LogP contribution is 2.23. The van der Waals surface area contributed by atoms with Crippen molar-refractivity contribution in [3.05, 3.63) is 60.2 Å². The third-order valence-electron chi connectivity index (χ3n) is 4.44. The van der Waals surface area contributed by atoms with Gasteiger partial charge in [0.15, 0.2) is 0 Å². The lowest BCUT2D eigenvalue weighted by Crippen LogP contribution is -2.25. The molecule has 0 atom stereocenters. The molecule has 1 heterocycles. The Balaban J connectivity index is 1.39. The maximum Gasteiger partial charge on any atom is 0.251 e. The summed E-state index contributed by atoms with van der Waals surface area (Å²) in [6.07, 6.45) is 2.36. The van der Waals surface area contributed by atoms with Crippen LogP contribution in [0.15, 0.2) is 54.6 Å². The van der Waals surface area contributed by atoms with Crippen LogP contribution in [-0.4, -0.2) is 30.8 Å². The van der Waals surface area contributed by atoms with Crippen molar-refractivity contribution in [2.45, 2.75) is 25.7 Å². The summed E-state index contributed by atoms with van der Waals surface area (Å²) < 4.78 is 0. The average molecular weight is 365 g/mol. The van der Waals surface area contributed by atoms with Crippen LogP contribution in [0.2, 0.25) is 0 Å². The van der Waals surface area contributed by atoms with Crippen molar-refractivity contribution in [2.75, 3.05) is 23.3 Å². The molecule has 0 bridgehead atoms. The topological polar surface area (TPSA) is 78.5 Å². The fourth-order valence-electron chi connectivity index (χ4n) is 3.01. The van der Waals surface area contributed by atoms with Crippen LogP contribution in [0.5, 0.6) is 0 Å². The molecular formula is C21H23N3O3. The highest BCUT2D eigenvalue weighted by Gasteiger charge is 2.21. The van der Waals surface area contributed by atoms with Crippen molar-refractivity contribution >= 4 is 29.1 Å². The van der Waals surface area contributed by atoms with Gasteiger partial charge in [-0.25, -0.2) is 0 Å². The minimum Gasteiger partial charge on any atom is -0.352 e. The number of anilines is 2. The second-order valence-electron chi connectivity index (χ2n) is 6.47. The molecule has 27 heavy (non-hydrogen) atoms. The van der Waals surface area contributed by atoms with Crippen molar-refractivity contribution in [1.82, 2.24) is 5.32 Å². The molecule has 140 valence electrons. The Hall–Kier alpha value is -3.15. The van der Waals surface area contributed by atoms with Gasteiger partial charge >= 0.3 is 0 Å². The maximum absolute atomic E-state index is 12.0. The van der Waals surface area contributed by atoms with E-state index in [9.17, 15) is 14.4 Å². The van der Waals surface area contributed by atoms with Gasteiger partial charge in [0, 0.05) is 42.9 Å². The smallest absolute Gasteiger partial charge is 0.251 e. The van der Waals surface area contributed by atoms with Crippen LogP contribution in [0, 0.1) is 0 Å². The summed E-state index contributed by atoms with van der Waals surface area (Å²) in [7, 11) is 0. The van der Waals surface area contributed by atoms with Gasteiger partial charge in [-0.15, -0.1) is 0 Å². The van der Waals surface area contributed by atoms with Gasteiger partial charge in [0.05, 0.1) is 0 Å². The molecule has 0 radical (unpaired) electrons. The summed E-state index contributed by atoms with van der Waals surface area (Å²) in [6, 6.07) is 16.3. The summed E-state index contributed by atoms with van der Waals surface area (Å²) in [5, 5.41) is 5.64. The molecule has 0 saturated carbocycles. The highest BCUT2D eigenvalue weighted by molar-refractivity contribution is 5.96. The summed E-state index contributed by atoms with van der Waals surface area (Å²) in [5.74, 6) is -0.0960. The molecule has 1 saturated heterocycles. The SMILES string of the molecule is O=C(CCCNC(=O)c1ccccc1)Nc1ccc(N2CCCC2=O)cc1.